The summed E-state index contributed by atoms with van der Waals surface area (Å²) in [5, 5.41) is 13.7. The van der Waals surface area contributed by atoms with Crippen LogP contribution in [-0.4, -0.2) is 23.5 Å². The highest BCUT2D eigenvalue weighted by atomic mass is 19.1. The summed E-state index contributed by atoms with van der Waals surface area (Å²) < 4.78 is 12.6. The molecule has 1 aromatic rings. The van der Waals surface area contributed by atoms with Gasteiger partial charge in [0.1, 0.15) is 11.7 Å². The van der Waals surface area contributed by atoms with Crippen LogP contribution in [0.15, 0.2) is 29.4 Å². The number of hydrogen-bond acceptors (Lipinski definition) is 3. The Kier molecular flexibility index (Phi) is 4.93. The quantitative estimate of drug-likeness (QED) is 0.304. The minimum Gasteiger partial charge on any atom is -0.409 e. The van der Waals surface area contributed by atoms with Gasteiger partial charge >= 0.3 is 0 Å². The molecule has 0 aromatic heterocycles. The van der Waals surface area contributed by atoms with Gasteiger partial charge in [0.05, 0.1) is 6.42 Å². The molecule has 0 aliphatic rings. The number of carbonyl (C=O) groups is 1. The summed E-state index contributed by atoms with van der Waals surface area (Å²) in [5.74, 6) is -0.462. The summed E-state index contributed by atoms with van der Waals surface area (Å²) in [6.07, 6.45) is 0.460. The molecule has 0 atom stereocenters. The number of nitrogens with two attached hydrogens (primary N) is 1. The van der Waals surface area contributed by atoms with Crippen LogP contribution in [0.3, 0.4) is 0 Å². The zero-order valence-electron chi connectivity index (χ0n) is 9.19. The van der Waals surface area contributed by atoms with Crippen LogP contribution in [0.4, 0.5) is 4.39 Å². The van der Waals surface area contributed by atoms with Crippen molar-refractivity contribution in [2.75, 3.05) is 6.54 Å². The van der Waals surface area contributed by atoms with Crippen molar-refractivity contribution in [1.82, 2.24) is 5.32 Å². The molecule has 0 bridgehead atoms. The fraction of sp³-hybridized carbons (Fsp3) is 0.273. The van der Waals surface area contributed by atoms with Gasteiger partial charge in [-0.15, -0.1) is 0 Å². The summed E-state index contributed by atoms with van der Waals surface area (Å²) in [4.78, 5) is 11.4. The van der Waals surface area contributed by atoms with Crippen molar-refractivity contribution in [1.29, 1.82) is 0 Å². The van der Waals surface area contributed by atoms with Crippen LogP contribution in [-0.2, 0) is 11.2 Å². The Morgan fingerprint density at radius 1 is 1.41 bits per heavy atom. The molecule has 0 spiro atoms. The normalized spacial score (nSPS) is 11.2. The third-order valence-electron chi connectivity index (χ3n) is 2.11. The van der Waals surface area contributed by atoms with E-state index in [1.807, 2.05) is 0 Å². The van der Waals surface area contributed by atoms with Crippen molar-refractivity contribution in [2.45, 2.75) is 12.8 Å². The largest absolute Gasteiger partial charge is 0.409 e. The number of carbonyl (C=O) groups excluding carboxylic acids is 1. The van der Waals surface area contributed by atoms with E-state index in [1.54, 1.807) is 12.1 Å². The second-order valence-corrected chi connectivity index (χ2v) is 3.49. The standard InChI is InChI=1S/C11H14FN3O2/c12-9-3-1-8(2-4-9)7-11(16)14-6-5-10(13)15-17/h1-4,17H,5-7H2,(H2,13,15)(H,14,16). The number of nitrogens with zero attached hydrogens (tertiary/aromatic N) is 1. The average Bonchev–Trinajstić information content (AvgIpc) is 2.32. The van der Waals surface area contributed by atoms with Gasteiger partial charge in [-0.05, 0) is 17.7 Å². The van der Waals surface area contributed by atoms with Gasteiger partial charge in [-0.2, -0.15) is 0 Å². The third-order valence-corrected chi connectivity index (χ3v) is 2.11. The molecule has 6 heteroatoms. The van der Waals surface area contributed by atoms with Crippen LogP contribution in [0.1, 0.15) is 12.0 Å². The number of hydrogen-bond donors (Lipinski definition) is 3. The summed E-state index contributed by atoms with van der Waals surface area (Å²) in [7, 11) is 0. The lowest BCUT2D eigenvalue weighted by molar-refractivity contribution is -0.120. The smallest absolute Gasteiger partial charge is 0.224 e. The van der Waals surface area contributed by atoms with E-state index < -0.39 is 0 Å². The first-order valence-corrected chi connectivity index (χ1v) is 5.09. The van der Waals surface area contributed by atoms with Crippen molar-refractivity contribution in [2.24, 2.45) is 10.9 Å². The van der Waals surface area contributed by atoms with Gasteiger partial charge < -0.3 is 16.3 Å². The number of rotatable bonds is 5. The molecule has 0 saturated heterocycles. The zero-order chi connectivity index (χ0) is 12.7. The molecule has 0 unspecified atom stereocenters. The summed E-state index contributed by atoms with van der Waals surface area (Å²) in [6.45, 7) is 0.302. The molecule has 0 saturated carbocycles. The van der Waals surface area contributed by atoms with Crippen LogP contribution < -0.4 is 11.1 Å². The molecule has 1 aromatic carbocycles. The third kappa shape index (κ3) is 4.96. The van der Waals surface area contributed by atoms with E-state index in [2.05, 4.69) is 10.5 Å². The van der Waals surface area contributed by atoms with Gasteiger partial charge in [0, 0.05) is 13.0 Å². The van der Waals surface area contributed by atoms with Gasteiger partial charge in [0.15, 0.2) is 0 Å². The lowest BCUT2D eigenvalue weighted by atomic mass is 10.1. The molecule has 17 heavy (non-hydrogen) atoms. The summed E-state index contributed by atoms with van der Waals surface area (Å²) in [6, 6.07) is 5.72. The second-order valence-electron chi connectivity index (χ2n) is 3.49. The van der Waals surface area contributed by atoms with Crippen molar-refractivity contribution in [3.63, 3.8) is 0 Å². The Morgan fingerprint density at radius 3 is 2.65 bits per heavy atom. The van der Waals surface area contributed by atoms with Crippen molar-refractivity contribution < 1.29 is 14.4 Å². The van der Waals surface area contributed by atoms with Crippen LogP contribution in [0, 0.1) is 5.82 Å². The molecule has 4 N–H and O–H groups in total. The maximum atomic E-state index is 12.6. The number of amides is 1. The number of benzene rings is 1. The van der Waals surface area contributed by atoms with Crippen molar-refractivity contribution in [3.05, 3.63) is 35.6 Å². The van der Waals surface area contributed by atoms with Crippen LogP contribution in [0.5, 0.6) is 0 Å². The second kappa shape index (κ2) is 6.47. The Balaban J connectivity index is 2.32. The van der Waals surface area contributed by atoms with E-state index in [4.69, 9.17) is 10.9 Å². The molecule has 0 fully saturated rings. The molecule has 0 aliphatic heterocycles. The maximum absolute atomic E-state index is 12.6. The number of amidine groups is 1. The lowest BCUT2D eigenvalue weighted by Gasteiger charge is -2.04. The van der Waals surface area contributed by atoms with Crippen molar-refractivity contribution in [3.8, 4) is 0 Å². The van der Waals surface area contributed by atoms with Gasteiger partial charge in [-0.25, -0.2) is 4.39 Å². The monoisotopic (exact) mass is 239 g/mol. The van der Waals surface area contributed by atoms with Crippen LogP contribution >= 0.6 is 0 Å². The van der Waals surface area contributed by atoms with E-state index in [9.17, 15) is 9.18 Å². The molecule has 5 nitrogen and oxygen atoms in total. The predicted molar refractivity (Wildman–Crippen MR) is 61.1 cm³/mol. The first-order chi connectivity index (χ1) is 8.11. The maximum Gasteiger partial charge on any atom is 0.224 e. The van der Waals surface area contributed by atoms with Gasteiger partial charge in [0.2, 0.25) is 5.91 Å². The van der Waals surface area contributed by atoms with Crippen LogP contribution in [0.25, 0.3) is 0 Å². The first kappa shape index (κ1) is 13.0. The highest BCUT2D eigenvalue weighted by molar-refractivity contribution is 5.82. The molecular weight excluding hydrogens is 225 g/mol. The summed E-state index contributed by atoms with van der Waals surface area (Å²) >= 11 is 0. The molecule has 0 radical (unpaired) electrons. The molecule has 92 valence electrons. The molecule has 1 amide bonds. The first-order valence-electron chi connectivity index (χ1n) is 5.09. The van der Waals surface area contributed by atoms with Gasteiger partial charge in [0.25, 0.3) is 0 Å². The highest BCUT2D eigenvalue weighted by Crippen LogP contribution is 2.03. The predicted octanol–water partition coefficient (Wildman–Crippen LogP) is 0.621. The minimum absolute atomic E-state index is 0.0621. The topological polar surface area (TPSA) is 87.7 Å². The van der Waals surface area contributed by atoms with E-state index in [1.165, 1.54) is 12.1 Å². The molecule has 0 aliphatic carbocycles. The van der Waals surface area contributed by atoms with Gasteiger partial charge in [-0.1, -0.05) is 17.3 Å². The van der Waals surface area contributed by atoms with E-state index in [-0.39, 0.29) is 30.4 Å². The Morgan fingerprint density at radius 2 is 2.06 bits per heavy atom. The molecule has 0 heterocycles. The Bertz CT molecular complexity index is 404. The fourth-order valence-electron chi connectivity index (χ4n) is 1.23. The number of halogens is 1. The number of nitrogens with one attached hydrogen (secondary N) is 1. The van der Waals surface area contributed by atoms with E-state index >= 15 is 0 Å². The van der Waals surface area contributed by atoms with E-state index in [0.29, 0.717) is 6.54 Å². The SMILES string of the molecule is NC(CCNC(=O)Cc1ccc(F)cc1)=NO. The highest BCUT2D eigenvalue weighted by Gasteiger charge is 2.03. The molecular formula is C11H14FN3O2. The van der Waals surface area contributed by atoms with Gasteiger partial charge in [-0.3, -0.25) is 4.79 Å². The minimum atomic E-state index is -0.332. The zero-order valence-corrected chi connectivity index (χ0v) is 9.19. The Hall–Kier alpha value is -2.11. The lowest BCUT2D eigenvalue weighted by Crippen LogP contribution is -2.29. The molecule has 1 rings (SSSR count). The summed E-state index contributed by atoms with van der Waals surface area (Å²) in [5.41, 5.74) is 5.96. The average molecular weight is 239 g/mol. The fourth-order valence-corrected chi connectivity index (χ4v) is 1.23. The Labute approximate surface area is 98.1 Å². The van der Waals surface area contributed by atoms with E-state index in [0.717, 1.165) is 5.56 Å². The number of oxime groups is 1. The van der Waals surface area contributed by atoms with Crippen molar-refractivity contribution >= 4 is 11.7 Å². The van der Waals surface area contributed by atoms with Crippen LogP contribution in [0.2, 0.25) is 0 Å².